The van der Waals surface area contributed by atoms with Crippen LogP contribution in [0, 0.1) is 17.5 Å². The second kappa shape index (κ2) is 5.01. The van der Waals surface area contributed by atoms with Crippen molar-refractivity contribution in [1.82, 2.24) is 0 Å². The van der Waals surface area contributed by atoms with E-state index in [2.05, 4.69) is 5.32 Å². The number of hydrogen-bond acceptors (Lipinski definition) is 2. The van der Waals surface area contributed by atoms with E-state index in [4.69, 9.17) is 5.11 Å². The molecule has 0 aliphatic rings. The summed E-state index contributed by atoms with van der Waals surface area (Å²) in [5, 5.41) is 11.3. The van der Waals surface area contributed by atoms with Gasteiger partial charge in [0, 0.05) is 23.5 Å². The van der Waals surface area contributed by atoms with Crippen molar-refractivity contribution in [3.63, 3.8) is 0 Å². The molecule has 0 aliphatic carbocycles. The van der Waals surface area contributed by atoms with Gasteiger partial charge in [-0.15, -0.1) is 0 Å². The molecule has 19 heavy (non-hydrogen) atoms. The summed E-state index contributed by atoms with van der Waals surface area (Å²) in [6.07, 6.45) is 0. The van der Waals surface area contributed by atoms with Crippen LogP contribution in [-0.4, -0.2) is 11.1 Å². The number of carboxylic acids is 1. The molecular weight excluding hydrogens is 259 g/mol. The zero-order valence-corrected chi connectivity index (χ0v) is 9.45. The first-order valence-electron chi connectivity index (χ1n) is 5.22. The van der Waals surface area contributed by atoms with Crippen molar-refractivity contribution in [1.29, 1.82) is 0 Å². The summed E-state index contributed by atoms with van der Waals surface area (Å²) in [6, 6.07) is 7.15. The molecule has 0 radical (unpaired) electrons. The highest BCUT2D eigenvalue weighted by Gasteiger charge is 2.10. The number of nitrogens with one attached hydrogen (secondary N) is 1. The molecule has 0 atom stereocenters. The van der Waals surface area contributed by atoms with Crippen molar-refractivity contribution in [3.8, 4) is 0 Å². The van der Waals surface area contributed by atoms with Crippen LogP contribution in [0.2, 0.25) is 0 Å². The first kappa shape index (κ1) is 12.9. The van der Waals surface area contributed by atoms with Crippen LogP contribution in [0.5, 0.6) is 0 Å². The molecule has 0 bridgehead atoms. The van der Waals surface area contributed by atoms with Gasteiger partial charge in [0.2, 0.25) is 0 Å². The molecule has 0 aliphatic heterocycles. The van der Waals surface area contributed by atoms with Crippen molar-refractivity contribution >= 4 is 17.3 Å². The predicted octanol–water partition coefficient (Wildman–Crippen LogP) is 3.55. The van der Waals surface area contributed by atoms with Crippen molar-refractivity contribution in [2.45, 2.75) is 0 Å². The maximum atomic E-state index is 13.0. The molecule has 2 rings (SSSR count). The Bertz CT molecular complexity index is 603. The van der Waals surface area contributed by atoms with Crippen LogP contribution >= 0.6 is 0 Å². The average Bonchev–Trinajstić information content (AvgIpc) is 2.36. The summed E-state index contributed by atoms with van der Waals surface area (Å²) >= 11 is 0. The molecule has 0 heterocycles. The Hall–Kier alpha value is -2.50. The molecular formula is C13H8F3NO2. The lowest BCUT2D eigenvalue weighted by atomic mass is 10.2. The Morgan fingerprint density at radius 3 is 1.95 bits per heavy atom. The van der Waals surface area contributed by atoms with Gasteiger partial charge in [-0.2, -0.15) is 0 Å². The Balaban J connectivity index is 2.24. The summed E-state index contributed by atoms with van der Waals surface area (Å²) in [5.41, 5.74) is 0.539. The second-order valence-corrected chi connectivity index (χ2v) is 3.76. The summed E-state index contributed by atoms with van der Waals surface area (Å²) in [7, 11) is 0. The highest BCUT2D eigenvalue weighted by molar-refractivity contribution is 5.88. The quantitative estimate of drug-likeness (QED) is 0.836. The van der Waals surface area contributed by atoms with Crippen LogP contribution in [0.1, 0.15) is 10.4 Å². The molecule has 3 nitrogen and oxygen atoms in total. The van der Waals surface area contributed by atoms with E-state index in [1.54, 1.807) is 0 Å². The zero-order valence-electron chi connectivity index (χ0n) is 9.45. The van der Waals surface area contributed by atoms with Crippen LogP contribution in [-0.2, 0) is 0 Å². The van der Waals surface area contributed by atoms with Crippen LogP contribution in [0.3, 0.4) is 0 Å². The van der Waals surface area contributed by atoms with Crippen molar-refractivity contribution in [3.05, 3.63) is 59.4 Å². The summed E-state index contributed by atoms with van der Waals surface area (Å²) in [5.74, 6) is -5.22. The lowest BCUT2D eigenvalue weighted by Gasteiger charge is -2.07. The molecule has 0 aromatic heterocycles. The Kier molecular flexibility index (Phi) is 3.41. The third-order valence-corrected chi connectivity index (χ3v) is 2.40. The van der Waals surface area contributed by atoms with Crippen LogP contribution in [0.25, 0.3) is 0 Å². The van der Waals surface area contributed by atoms with E-state index in [-0.39, 0.29) is 11.3 Å². The fraction of sp³-hybridized carbons (Fsp3) is 0. The third kappa shape index (κ3) is 2.85. The van der Waals surface area contributed by atoms with E-state index in [9.17, 15) is 18.0 Å². The number of halogens is 3. The fourth-order valence-electron chi connectivity index (χ4n) is 1.49. The van der Waals surface area contributed by atoms with Crippen molar-refractivity contribution in [2.24, 2.45) is 0 Å². The van der Waals surface area contributed by atoms with Crippen LogP contribution in [0.15, 0.2) is 36.4 Å². The molecule has 2 N–H and O–H groups in total. The topological polar surface area (TPSA) is 49.3 Å². The molecule has 0 fully saturated rings. The molecule has 0 spiro atoms. The monoisotopic (exact) mass is 267 g/mol. The second-order valence-electron chi connectivity index (χ2n) is 3.76. The Morgan fingerprint density at radius 2 is 1.47 bits per heavy atom. The lowest BCUT2D eigenvalue weighted by molar-refractivity contribution is 0.0697. The average molecular weight is 267 g/mol. The first-order chi connectivity index (χ1) is 8.97. The van der Waals surface area contributed by atoms with E-state index < -0.39 is 23.4 Å². The molecule has 0 saturated carbocycles. The minimum Gasteiger partial charge on any atom is -0.478 e. The number of carboxylic acid groups (broad SMARTS) is 1. The van der Waals surface area contributed by atoms with Gasteiger partial charge in [-0.05, 0) is 24.3 Å². The number of carbonyl (C=O) groups is 1. The number of benzene rings is 2. The van der Waals surface area contributed by atoms with Gasteiger partial charge in [-0.25, -0.2) is 18.0 Å². The molecule has 0 unspecified atom stereocenters. The number of rotatable bonds is 3. The minimum absolute atomic E-state index is 0.0273. The maximum absolute atomic E-state index is 13.0. The Morgan fingerprint density at radius 1 is 0.947 bits per heavy atom. The lowest BCUT2D eigenvalue weighted by Crippen LogP contribution is -1.98. The van der Waals surface area contributed by atoms with Gasteiger partial charge in [0.15, 0.2) is 17.5 Å². The van der Waals surface area contributed by atoms with Crippen molar-refractivity contribution < 1.29 is 23.1 Å². The summed E-state index contributed by atoms with van der Waals surface area (Å²) in [6.45, 7) is 0. The molecule has 6 heteroatoms. The van der Waals surface area contributed by atoms with Gasteiger partial charge in [-0.3, -0.25) is 0 Å². The van der Waals surface area contributed by atoms with Gasteiger partial charge >= 0.3 is 5.97 Å². The predicted molar refractivity (Wildman–Crippen MR) is 63.0 cm³/mol. The number of aromatic carboxylic acids is 1. The fourth-order valence-corrected chi connectivity index (χ4v) is 1.49. The van der Waals surface area contributed by atoms with Gasteiger partial charge in [-0.1, -0.05) is 0 Å². The standard InChI is InChI=1S/C13H8F3NO2/c14-10-5-9(6-11(15)12(10)16)17-8-3-1-7(2-4-8)13(18)19/h1-6,17H,(H,18,19). The van der Waals surface area contributed by atoms with Gasteiger partial charge in [0.1, 0.15) is 0 Å². The van der Waals surface area contributed by atoms with Crippen LogP contribution < -0.4 is 5.32 Å². The first-order valence-corrected chi connectivity index (χ1v) is 5.22. The molecule has 0 amide bonds. The van der Waals surface area contributed by atoms with Crippen LogP contribution in [0.4, 0.5) is 24.5 Å². The van der Waals surface area contributed by atoms with Crippen molar-refractivity contribution in [2.75, 3.05) is 5.32 Å². The van der Waals surface area contributed by atoms with E-state index in [1.165, 1.54) is 24.3 Å². The smallest absolute Gasteiger partial charge is 0.335 e. The maximum Gasteiger partial charge on any atom is 0.335 e. The Labute approximate surface area is 106 Å². The summed E-state index contributed by atoms with van der Waals surface area (Å²) in [4.78, 5) is 10.6. The van der Waals surface area contributed by atoms with Gasteiger partial charge in [0.25, 0.3) is 0 Å². The van der Waals surface area contributed by atoms with E-state index in [0.29, 0.717) is 5.69 Å². The SMILES string of the molecule is O=C(O)c1ccc(Nc2cc(F)c(F)c(F)c2)cc1. The molecule has 2 aromatic rings. The minimum atomic E-state index is -1.54. The number of hydrogen-bond donors (Lipinski definition) is 2. The summed E-state index contributed by atoms with van der Waals surface area (Å²) < 4.78 is 38.7. The highest BCUT2D eigenvalue weighted by atomic mass is 19.2. The van der Waals surface area contributed by atoms with E-state index in [0.717, 1.165) is 12.1 Å². The molecule has 98 valence electrons. The normalized spacial score (nSPS) is 10.3. The largest absolute Gasteiger partial charge is 0.478 e. The highest BCUT2D eigenvalue weighted by Crippen LogP contribution is 2.21. The number of anilines is 2. The third-order valence-electron chi connectivity index (χ3n) is 2.40. The van der Waals surface area contributed by atoms with E-state index >= 15 is 0 Å². The van der Waals surface area contributed by atoms with Gasteiger partial charge in [0.05, 0.1) is 5.56 Å². The molecule has 2 aromatic carbocycles. The molecule has 0 saturated heterocycles. The van der Waals surface area contributed by atoms with Gasteiger partial charge < -0.3 is 10.4 Å². The zero-order chi connectivity index (χ0) is 14.0. The van der Waals surface area contributed by atoms with E-state index in [1.807, 2.05) is 0 Å².